The molecule has 128 valence electrons. The van der Waals surface area contributed by atoms with Crippen LogP contribution in [0.2, 0.25) is 0 Å². The molecule has 1 fully saturated rings. The van der Waals surface area contributed by atoms with Crippen LogP contribution >= 0.6 is 15.9 Å². The highest BCUT2D eigenvalue weighted by Crippen LogP contribution is 2.42. The highest BCUT2D eigenvalue weighted by molar-refractivity contribution is 9.10. The van der Waals surface area contributed by atoms with Gasteiger partial charge in [0.15, 0.2) is 0 Å². The zero-order chi connectivity index (χ0) is 17.3. The number of nitrogens with zero attached hydrogens (tertiary/aromatic N) is 1. The molecule has 1 aliphatic heterocycles. The van der Waals surface area contributed by atoms with E-state index in [1.54, 1.807) is 32.9 Å². The van der Waals surface area contributed by atoms with Gasteiger partial charge in [-0.3, -0.25) is 0 Å². The molecule has 3 nitrogen and oxygen atoms in total. The molecule has 23 heavy (non-hydrogen) atoms. The average molecular weight is 390 g/mol. The third-order valence-corrected chi connectivity index (χ3v) is 4.36. The molecule has 2 rings (SSSR count). The number of ether oxygens (including phenoxy) is 1. The number of hydrogen-bond acceptors (Lipinski definition) is 2. The maximum atomic E-state index is 14.7. The number of hydrogen-bond donors (Lipinski definition) is 0. The number of likely N-dealkylation sites (tertiary alicyclic amines) is 1. The Morgan fingerprint density at radius 1 is 1.26 bits per heavy atom. The number of halogens is 3. The topological polar surface area (TPSA) is 29.5 Å². The van der Waals surface area contributed by atoms with Crippen LogP contribution in [-0.4, -0.2) is 29.7 Å². The van der Waals surface area contributed by atoms with Gasteiger partial charge in [-0.25, -0.2) is 13.6 Å². The van der Waals surface area contributed by atoms with Gasteiger partial charge in [0.1, 0.15) is 5.60 Å². The van der Waals surface area contributed by atoms with Gasteiger partial charge >= 0.3 is 6.09 Å². The summed E-state index contributed by atoms with van der Waals surface area (Å²) < 4.78 is 35.3. The molecule has 0 aliphatic carbocycles. The fourth-order valence-corrected chi connectivity index (χ4v) is 3.08. The number of piperidine rings is 1. The van der Waals surface area contributed by atoms with E-state index >= 15 is 0 Å². The minimum absolute atomic E-state index is 0.0163. The molecule has 1 amide bonds. The van der Waals surface area contributed by atoms with E-state index in [1.807, 2.05) is 0 Å². The number of alkyl halides is 2. The quantitative estimate of drug-likeness (QED) is 0.696. The summed E-state index contributed by atoms with van der Waals surface area (Å²) in [4.78, 5) is 13.5. The third-order valence-electron chi connectivity index (χ3n) is 3.87. The molecule has 1 heterocycles. The Balaban J connectivity index is 1.99. The van der Waals surface area contributed by atoms with E-state index in [1.165, 1.54) is 17.0 Å². The molecule has 0 N–H and O–H groups in total. The first-order valence-electron chi connectivity index (χ1n) is 7.71. The SMILES string of the molecule is CC(C)(C)OC(=O)N1CCC(C(F)(F)c2cccc(Br)c2)CC1. The largest absolute Gasteiger partial charge is 0.444 e. The summed E-state index contributed by atoms with van der Waals surface area (Å²) in [5.74, 6) is -3.67. The summed E-state index contributed by atoms with van der Waals surface area (Å²) in [5.41, 5.74) is -0.559. The minimum atomic E-state index is -2.90. The molecule has 1 saturated heterocycles. The molecule has 0 aromatic heterocycles. The first kappa shape index (κ1) is 18.2. The Hall–Kier alpha value is -1.17. The highest BCUT2D eigenvalue weighted by atomic mass is 79.9. The minimum Gasteiger partial charge on any atom is -0.444 e. The van der Waals surface area contributed by atoms with Crippen LogP contribution in [0, 0.1) is 5.92 Å². The standard InChI is InChI=1S/C17H22BrF2NO2/c1-16(2,3)23-15(22)21-9-7-12(8-10-21)17(19,20)13-5-4-6-14(18)11-13/h4-6,11-12H,7-10H2,1-3H3. The lowest BCUT2D eigenvalue weighted by Crippen LogP contribution is -2.44. The van der Waals surface area contributed by atoms with Gasteiger partial charge in [0.25, 0.3) is 5.92 Å². The van der Waals surface area contributed by atoms with Gasteiger partial charge in [0.05, 0.1) is 0 Å². The maximum Gasteiger partial charge on any atom is 0.410 e. The molecule has 0 saturated carbocycles. The summed E-state index contributed by atoms with van der Waals surface area (Å²) in [6, 6.07) is 6.25. The van der Waals surface area contributed by atoms with Crippen molar-refractivity contribution in [2.45, 2.75) is 45.1 Å². The van der Waals surface area contributed by atoms with E-state index < -0.39 is 23.5 Å². The number of amides is 1. The predicted octanol–water partition coefficient (Wildman–Crippen LogP) is 5.19. The number of benzene rings is 1. The maximum absolute atomic E-state index is 14.7. The molecule has 0 unspecified atom stereocenters. The fraction of sp³-hybridized carbons (Fsp3) is 0.588. The van der Waals surface area contributed by atoms with Crippen LogP contribution in [0.4, 0.5) is 13.6 Å². The second-order valence-corrected chi connectivity index (χ2v) is 7.79. The zero-order valence-corrected chi connectivity index (χ0v) is 15.2. The van der Waals surface area contributed by atoms with Gasteiger partial charge in [0, 0.05) is 29.0 Å². The normalized spacial score (nSPS) is 17.2. The Morgan fingerprint density at radius 3 is 2.39 bits per heavy atom. The Labute approximate surface area is 144 Å². The Kier molecular flexibility index (Phi) is 5.33. The predicted molar refractivity (Wildman–Crippen MR) is 88.6 cm³/mol. The van der Waals surface area contributed by atoms with E-state index in [-0.39, 0.29) is 18.4 Å². The van der Waals surface area contributed by atoms with Gasteiger partial charge in [-0.15, -0.1) is 0 Å². The van der Waals surface area contributed by atoms with E-state index in [0.29, 0.717) is 17.6 Å². The zero-order valence-electron chi connectivity index (χ0n) is 13.6. The summed E-state index contributed by atoms with van der Waals surface area (Å²) in [6.45, 7) is 5.96. The Bertz CT molecular complexity index is 564. The molecule has 1 aliphatic rings. The van der Waals surface area contributed by atoms with Crippen molar-refractivity contribution < 1.29 is 18.3 Å². The third kappa shape index (κ3) is 4.66. The van der Waals surface area contributed by atoms with Crippen molar-refractivity contribution >= 4 is 22.0 Å². The molecular weight excluding hydrogens is 368 g/mol. The lowest BCUT2D eigenvalue weighted by molar-refractivity contribution is -0.0861. The smallest absolute Gasteiger partial charge is 0.410 e. The van der Waals surface area contributed by atoms with Crippen LogP contribution in [0.25, 0.3) is 0 Å². The first-order chi connectivity index (χ1) is 10.6. The van der Waals surface area contributed by atoms with Crippen molar-refractivity contribution in [2.24, 2.45) is 5.92 Å². The molecule has 0 radical (unpaired) electrons. The Morgan fingerprint density at radius 2 is 1.87 bits per heavy atom. The molecule has 1 aromatic carbocycles. The average Bonchev–Trinajstić information content (AvgIpc) is 2.45. The number of carbonyl (C=O) groups excluding carboxylic acids is 1. The lowest BCUT2D eigenvalue weighted by atomic mass is 9.86. The van der Waals surface area contributed by atoms with Crippen molar-refractivity contribution in [2.75, 3.05) is 13.1 Å². The van der Waals surface area contributed by atoms with Crippen molar-refractivity contribution in [3.8, 4) is 0 Å². The van der Waals surface area contributed by atoms with Crippen LogP contribution in [0.3, 0.4) is 0 Å². The monoisotopic (exact) mass is 389 g/mol. The first-order valence-corrected chi connectivity index (χ1v) is 8.50. The summed E-state index contributed by atoms with van der Waals surface area (Å²) in [5, 5.41) is 0. The van der Waals surface area contributed by atoms with Gasteiger partial charge < -0.3 is 9.64 Å². The molecular formula is C17H22BrF2NO2. The molecule has 1 aromatic rings. The van der Waals surface area contributed by atoms with Crippen LogP contribution in [0.1, 0.15) is 39.2 Å². The van der Waals surface area contributed by atoms with Crippen molar-refractivity contribution in [1.29, 1.82) is 0 Å². The van der Waals surface area contributed by atoms with E-state index in [4.69, 9.17) is 4.74 Å². The highest BCUT2D eigenvalue weighted by Gasteiger charge is 2.43. The van der Waals surface area contributed by atoms with Crippen LogP contribution < -0.4 is 0 Å². The van der Waals surface area contributed by atoms with E-state index in [9.17, 15) is 13.6 Å². The van der Waals surface area contributed by atoms with Gasteiger partial charge in [-0.1, -0.05) is 28.1 Å². The van der Waals surface area contributed by atoms with Crippen molar-refractivity contribution in [3.63, 3.8) is 0 Å². The van der Waals surface area contributed by atoms with E-state index in [0.717, 1.165) is 0 Å². The molecule has 6 heteroatoms. The van der Waals surface area contributed by atoms with Crippen molar-refractivity contribution in [1.82, 2.24) is 4.90 Å². The lowest BCUT2D eigenvalue weighted by Gasteiger charge is -2.36. The van der Waals surface area contributed by atoms with Gasteiger partial charge in [-0.05, 0) is 45.7 Å². The van der Waals surface area contributed by atoms with Crippen LogP contribution in [-0.2, 0) is 10.7 Å². The number of rotatable bonds is 2. The van der Waals surface area contributed by atoms with Crippen LogP contribution in [0.5, 0.6) is 0 Å². The number of carbonyl (C=O) groups is 1. The fourth-order valence-electron chi connectivity index (χ4n) is 2.68. The summed E-state index contributed by atoms with van der Waals surface area (Å²) in [7, 11) is 0. The molecule has 0 bridgehead atoms. The molecule has 0 spiro atoms. The summed E-state index contributed by atoms with van der Waals surface area (Å²) >= 11 is 3.23. The summed E-state index contributed by atoms with van der Waals surface area (Å²) in [6.07, 6.45) is 0.0963. The molecule has 0 atom stereocenters. The van der Waals surface area contributed by atoms with Gasteiger partial charge in [-0.2, -0.15) is 0 Å². The second kappa shape index (κ2) is 6.75. The van der Waals surface area contributed by atoms with Crippen molar-refractivity contribution in [3.05, 3.63) is 34.3 Å². The van der Waals surface area contributed by atoms with Gasteiger partial charge in [0.2, 0.25) is 0 Å². The second-order valence-electron chi connectivity index (χ2n) is 6.87. The van der Waals surface area contributed by atoms with E-state index in [2.05, 4.69) is 15.9 Å². The van der Waals surface area contributed by atoms with Crippen LogP contribution in [0.15, 0.2) is 28.7 Å².